The fraction of sp³-hybridized carbons (Fsp3) is 0.188. The van der Waals surface area contributed by atoms with Gasteiger partial charge in [-0.2, -0.15) is 0 Å². The van der Waals surface area contributed by atoms with Crippen molar-refractivity contribution in [2.45, 2.75) is 12.5 Å². The molecule has 7 heteroatoms. The van der Waals surface area contributed by atoms with E-state index >= 15 is 0 Å². The fourth-order valence-electron chi connectivity index (χ4n) is 2.31. The standard InChI is InChI=1S/C16H16N4O3/c17-15-12(7-21)16(19-9-18-15)20-13(14-8-22-10-23-14)6-11-4-2-1-3-5-11/h1-5,7-9,13H,6,10H2,(H3,17,18,19,20). The van der Waals surface area contributed by atoms with Crippen molar-refractivity contribution >= 4 is 17.9 Å². The first-order valence-electron chi connectivity index (χ1n) is 7.08. The third-order valence-electron chi connectivity index (χ3n) is 3.46. The second kappa shape index (κ2) is 6.78. The summed E-state index contributed by atoms with van der Waals surface area (Å²) in [6, 6.07) is 9.67. The largest absolute Gasteiger partial charge is 0.462 e. The lowest BCUT2D eigenvalue weighted by atomic mass is 10.0. The molecule has 2 aromatic rings. The van der Waals surface area contributed by atoms with E-state index in [1.165, 1.54) is 6.33 Å². The lowest BCUT2D eigenvalue weighted by molar-refractivity contribution is 0.0764. The van der Waals surface area contributed by atoms with Crippen LogP contribution in [0.25, 0.3) is 0 Å². The summed E-state index contributed by atoms with van der Waals surface area (Å²) in [6.07, 6.45) is 4.15. The van der Waals surface area contributed by atoms with Crippen molar-refractivity contribution < 1.29 is 14.3 Å². The molecule has 0 saturated carbocycles. The normalized spacial score (nSPS) is 14.3. The van der Waals surface area contributed by atoms with E-state index in [9.17, 15) is 4.79 Å². The van der Waals surface area contributed by atoms with Gasteiger partial charge in [0, 0.05) is 0 Å². The molecule has 1 aliphatic rings. The Morgan fingerprint density at radius 2 is 2.13 bits per heavy atom. The average molecular weight is 312 g/mol. The maximum Gasteiger partial charge on any atom is 0.229 e. The van der Waals surface area contributed by atoms with E-state index in [-0.39, 0.29) is 24.2 Å². The Labute approximate surface area is 133 Å². The second-order valence-electron chi connectivity index (χ2n) is 4.97. The van der Waals surface area contributed by atoms with Gasteiger partial charge in [0.1, 0.15) is 24.2 Å². The second-order valence-corrected chi connectivity index (χ2v) is 4.97. The van der Waals surface area contributed by atoms with Crippen LogP contribution >= 0.6 is 0 Å². The third kappa shape index (κ3) is 3.39. The Bertz CT molecular complexity index is 719. The Morgan fingerprint density at radius 3 is 2.83 bits per heavy atom. The van der Waals surface area contributed by atoms with Gasteiger partial charge in [0.2, 0.25) is 6.79 Å². The van der Waals surface area contributed by atoms with Gasteiger partial charge in [0.05, 0.1) is 11.6 Å². The first-order valence-corrected chi connectivity index (χ1v) is 7.08. The van der Waals surface area contributed by atoms with Crippen molar-refractivity contribution in [2.75, 3.05) is 17.8 Å². The van der Waals surface area contributed by atoms with Crippen LogP contribution in [0, 0.1) is 0 Å². The number of carbonyl (C=O) groups excluding carboxylic acids is 1. The molecule has 2 heterocycles. The van der Waals surface area contributed by atoms with Crippen LogP contribution in [0.2, 0.25) is 0 Å². The summed E-state index contributed by atoms with van der Waals surface area (Å²) in [5.74, 6) is 1.14. The lowest BCUT2D eigenvalue weighted by Gasteiger charge is -2.20. The van der Waals surface area contributed by atoms with Crippen molar-refractivity contribution in [3.05, 3.63) is 59.8 Å². The number of rotatable bonds is 6. The average Bonchev–Trinajstić information content (AvgIpc) is 3.10. The van der Waals surface area contributed by atoms with E-state index in [0.717, 1.165) is 5.56 Å². The lowest BCUT2D eigenvalue weighted by Crippen LogP contribution is -2.26. The summed E-state index contributed by atoms with van der Waals surface area (Å²) < 4.78 is 10.6. The summed E-state index contributed by atoms with van der Waals surface area (Å²) in [6.45, 7) is 0.175. The van der Waals surface area contributed by atoms with Gasteiger partial charge in [-0.05, 0) is 12.0 Å². The van der Waals surface area contributed by atoms with Gasteiger partial charge in [-0.25, -0.2) is 9.97 Å². The monoisotopic (exact) mass is 312 g/mol. The number of aromatic nitrogens is 2. The van der Waals surface area contributed by atoms with Gasteiger partial charge >= 0.3 is 0 Å². The molecule has 1 aliphatic heterocycles. The quantitative estimate of drug-likeness (QED) is 0.784. The first-order chi connectivity index (χ1) is 11.3. The summed E-state index contributed by atoms with van der Waals surface area (Å²) in [5.41, 5.74) is 7.06. The van der Waals surface area contributed by atoms with Crippen LogP contribution in [0.3, 0.4) is 0 Å². The zero-order valence-corrected chi connectivity index (χ0v) is 12.3. The predicted octanol–water partition coefficient (Wildman–Crippen LogP) is 1.74. The van der Waals surface area contributed by atoms with E-state index in [2.05, 4.69) is 15.3 Å². The molecular weight excluding hydrogens is 296 g/mol. The molecule has 1 aromatic heterocycles. The van der Waals surface area contributed by atoms with Crippen LogP contribution in [0.4, 0.5) is 11.6 Å². The number of carbonyl (C=O) groups is 1. The number of nitrogens with two attached hydrogens (primary N) is 1. The van der Waals surface area contributed by atoms with Crippen LogP contribution in [0.1, 0.15) is 15.9 Å². The van der Waals surface area contributed by atoms with E-state index in [1.54, 1.807) is 6.26 Å². The number of hydrogen-bond acceptors (Lipinski definition) is 7. The molecule has 7 nitrogen and oxygen atoms in total. The molecule has 3 N–H and O–H groups in total. The highest BCUT2D eigenvalue weighted by Gasteiger charge is 2.22. The molecule has 1 aromatic carbocycles. The molecule has 0 radical (unpaired) electrons. The smallest absolute Gasteiger partial charge is 0.229 e. The number of benzene rings is 1. The molecule has 0 amide bonds. The minimum absolute atomic E-state index is 0.133. The van der Waals surface area contributed by atoms with Crippen molar-refractivity contribution in [1.82, 2.24) is 9.97 Å². The first kappa shape index (κ1) is 14.8. The fourth-order valence-corrected chi connectivity index (χ4v) is 2.31. The zero-order chi connectivity index (χ0) is 16.1. The molecule has 3 rings (SSSR count). The van der Waals surface area contributed by atoms with Crippen LogP contribution < -0.4 is 11.1 Å². The number of nitrogen functional groups attached to an aromatic ring is 1. The number of nitrogens with one attached hydrogen (secondary N) is 1. The van der Waals surface area contributed by atoms with Gasteiger partial charge in [0.15, 0.2) is 12.0 Å². The number of anilines is 2. The number of hydrogen-bond donors (Lipinski definition) is 2. The van der Waals surface area contributed by atoms with Gasteiger partial charge < -0.3 is 20.5 Å². The molecular formula is C16H16N4O3. The topological polar surface area (TPSA) is 99.4 Å². The molecule has 0 bridgehead atoms. The van der Waals surface area contributed by atoms with Gasteiger partial charge in [-0.1, -0.05) is 30.3 Å². The number of ether oxygens (including phenoxy) is 2. The highest BCUT2D eigenvalue weighted by Crippen LogP contribution is 2.22. The van der Waals surface area contributed by atoms with Crippen molar-refractivity contribution in [3.63, 3.8) is 0 Å². The molecule has 0 spiro atoms. The van der Waals surface area contributed by atoms with E-state index in [1.807, 2.05) is 30.3 Å². The van der Waals surface area contributed by atoms with Crippen molar-refractivity contribution in [3.8, 4) is 0 Å². The Hall–Kier alpha value is -3.09. The molecule has 118 valence electrons. The minimum Gasteiger partial charge on any atom is -0.462 e. The molecule has 1 atom stereocenters. The van der Waals surface area contributed by atoms with Crippen LogP contribution in [-0.4, -0.2) is 29.1 Å². The Kier molecular flexibility index (Phi) is 4.37. The summed E-state index contributed by atoms with van der Waals surface area (Å²) >= 11 is 0. The molecule has 1 unspecified atom stereocenters. The van der Waals surface area contributed by atoms with Crippen LogP contribution in [-0.2, 0) is 15.9 Å². The number of aldehydes is 1. The third-order valence-corrected chi connectivity index (χ3v) is 3.46. The van der Waals surface area contributed by atoms with Crippen LogP contribution in [0.5, 0.6) is 0 Å². The summed E-state index contributed by atoms with van der Waals surface area (Å²) in [4.78, 5) is 19.2. The molecule has 0 aliphatic carbocycles. The highest BCUT2D eigenvalue weighted by molar-refractivity contribution is 5.88. The van der Waals surface area contributed by atoms with E-state index in [4.69, 9.17) is 15.2 Å². The highest BCUT2D eigenvalue weighted by atomic mass is 16.7. The predicted molar refractivity (Wildman–Crippen MR) is 84.5 cm³/mol. The maximum atomic E-state index is 11.2. The zero-order valence-electron chi connectivity index (χ0n) is 12.3. The maximum absolute atomic E-state index is 11.2. The Balaban J connectivity index is 1.87. The van der Waals surface area contributed by atoms with Crippen LogP contribution in [0.15, 0.2) is 48.7 Å². The van der Waals surface area contributed by atoms with Crippen molar-refractivity contribution in [2.24, 2.45) is 0 Å². The molecule has 0 fully saturated rings. The number of nitrogens with zero attached hydrogens (tertiary/aromatic N) is 2. The Morgan fingerprint density at radius 1 is 1.30 bits per heavy atom. The van der Waals surface area contributed by atoms with Gasteiger partial charge in [-0.3, -0.25) is 4.79 Å². The SMILES string of the molecule is Nc1ncnc(NC(Cc2ccccc2)C2=COCO2)c1C=O. The van der Waals surface area contributed by atoms with Gasteiger partial charge in [0.25, 0.3) is 0 Å². The van der Waals surface area contributed by atoms with E-state index < -0.39 is 0 Å². The van der Waals surface area contributed by atoms with Crippen molar-refractivity contribution in [1.29, 1.82) is 0 Å². The minimum atomic E-state index is -0.243. The molecule has 23 heavy (non-hydrogen) atoms. The molecule has 0 saturated heterocycles. The van der Waals surface area contributed by atoms with Gasteiger partial charge in [-0.15, -0.1) is 0 Å². The summed E-state index contributed by atoms with van der Waals surface area (Å²) in [5, 5.41) is 3.19. The van der Waals surface area contributed by atoms with E-state index in [0.29, 0.717) is 24.3 Å². The summed E-state index contributed by atoms with van der Waals surface area (Å²) in [7, 11) is 0.